The molecule has 2 aromatic carbocycles. The number of hydrogen-bond donors (Lipinski definition) is 0. The average molecular weight is 615 g/mol. The number of rotatable bonds is 12. The zero-order chi connectivity index (χ0) is 33.3. The van der Waals surface area contributed by atoms with Gasteiger partial charge in [0.2, 0.25) is 0 Å². The number of carbonyl (C=O) groups excluding carboxylic acids is 4. The van der Waals surface area contributed by atoms with Crippen LogP contribution in [-0.2, 0) is 29.0 Å². The van der Waals surface area contributed by atoms with Crippen LogP contribution < -0.4 is 0 Å². The molecule has 0 N–H and O–H groups in total. The molecule has 0 fully saturated rings. The molecule has 12 nitrogen and oxygen atoms in total. The van der Waals surface area contributed by atoms with E-state index in [1.165, 1.54) is 24.3 Å². The minimum absolute atomic E-state index is 0.00382. The van der Waals surface area contributed by atoms with E-state index in [2.05, 4.69) is 10.2 Å². The first-order valence-electron chi connectivity index (χ1n) is 14.0. The molecule has 0 unspecified atom stereocenters. The van der Waals surface area contributed by atoms with Gasteiger partial charge in [0.25, 0.3) is 0 Å². The smallest absolute Gasteiger partial charge is 0.373 e. The average Bonchev–Trinajstić information content (AvgIpc) is 2.94. The fourth-order valence-electron chi connectivity index (χ4n) is 3.06. The first kappa shape index (κ1) is 36.0. The van der Waals surface area contributed by atoms with Gasteiger partial charge in [0, 0.05) is 0 Å². The van der Waals surface area contributed by atoms with Crippen LogP contribution in [0.3, 0.4) is 0 Å². The second kappa shape index (κ2) is 14.5. The summed E-state index contributed by atoms with van der Waals surface area (Å²) in [5.74, 6) is -3.18. The maximum Gasteiger partial charge on any atom is 0.373 e. The fraction of sp³-hybridized carbons (Fsp3) is 0.500. The van der Waals surface area contributed by atoms with E-state index in [-0.39, 0.29) is 35.5 Å². The molecule has 0 aromatic heterocycles. The molecule has 2 aromatic rings. The summed E-state index contributed by atoms with van der Waals surface area (Å²) in [7, 11) is 0. The molecule has 0 radical (unpaired) electrons. The molecule has 240 valence electrons. The Kier molecular flexibility index (Phi) is 11.9. The molecule has 0 spiro atoms. The lowest BCUT2D eigenvalue weighted by molar-refractivity contribution is -0.301. The molecule has 0 saturated carbocycles. The molecule has 44 heavy (non-hydrogen) atoms. The number of nitrogens with zero attached hydrogens (tertiary/aromatic N) is 2. The molecule has 0 bridgehead atoms. The van der Waals surface area contributed by atoms with E-state index in [1.807, 2.05) is 0 Å². The van der Waals surface area contributed by atoms with Crippen molar-refractivity contribution in [3.05, 3.63) is 70.8 Å². The van der Waals surface area contributed by atoms with Crippen LogP contribution in [0.15, 0.2) is 58.8 Å². The zero-order valence-electron chi connectivity index (χ0n) is 27.0. The largest absolute Gasteiger partial charge is 0.459 e. The summed E-state index contributed by atoms with van der Waals surface area (Å²) in [5.41, 5.74) is -3.41. The van der Waals surface area contributed by atoms with E-state index < -0.39 is 46.2 Å². The number of ether oxygens (including phenoxy) is 2. The van der Waals surface area contributed by atoms with Gasteiger partial charge >= 0.3 is 23.9 Å². The van der Waals surface area contributed by atoms with Gasteiger partial charge in [-0.1, -0.05) is 24.3 Å². The number of hydrogen-bond acceptors (Lipinski definition) is 12. The molecule has 0 aliphatic heterocycles. The van der Waals surface area contributed by atoms with Crippen molar-refractivity contribution < 1.29 is 48.2 Å². The van der Waals surface area contributed by atoms with Crippen LogP contribution in [0.2, 0.25) is 0 Å². The lowest BCUT2D eigenvalue weighted by Gasteiger charge is -2.23. The topological polar surface area (TPSA) is 148 Å². The first-order chi connectivity index (χ1) is 20.2. The highest BCUT2D eigenvalue weighted by molar-refractivity contribution is 6.03. The van der Waals surface area contributed by atoms with Crippen LogP contribution in [0.1, 0.15) is 111 Å². The van der Waals surface area contributed by atoms with E-state index in [0.717, 1.165) is 0 Å². The third-order valence-corrected chi connectivity index (χ3v) is 5.17. The zero-order valence-corrected chi connectivity index (χ0v) is 27.0. The Morgan fingerprint density at radius 3 is 1.05 bits per heavy atom. The van der Waals surface area contributed by atoms with Crippen LogP contribution in [0.25, 0.3) is 0 Å². The molecule has 12 heteroatoms. The number of esters is 2. The first-order valence-corrected chi connectivity index (χ1v) is 14.0. The highest BCUT2D eigenvalue weighted by Crippen LogP contribution is 2.21. The second-order valence-electron chi connectivity index (χ2n) is 13.2. The Hall–Kier alpha value is -4.16. The normalized spacial score (nSPS) is 12.5. The van der Waals surface area contributed by atoms with Crippen molar-refractivity contribution in [1.29, 1.82) is 0 Å². The lowest BCUT2D eigenvalue weighted by atomic mass is 10.1. The molecular formula is C32H42N2O10. The predicted octanol–water partition coefficient (Wildman–Crippen LogP) is 6.48. The molecule has 0 saturated heterocycles. The fourth-order valence-corrected chi connectivity index (χ4v) is 3.06. The van der Waals surface area contributed by atoms with Gasteiger partial charge in [-0.05, 0) is 93.5 Å². The maximum atomic E-state index is 12.9. The molecule has 2 rings (SSSR count). The van der Waals surface area contributed by atoms with Crippen LogP contribution in [-0.4, -0.2) is 59.4 Å². The van der Waals surface area contributed by atoms with Crippen molar-refractivity contribution in [2.45, 2.75) is 91.5 Å². The molecule has 0 amide bonds. The molecular weight excluding hydrogens is 572 g/mol. The van der Waals surface area contributed by atoms with Crippen LogP contribution in [0, 0.1) is 0 Å². The Morgan fingerprint density at radius 2 is 0.773 bits per heavy atom. The van der Waals surface area contributed by atoms with Gasteiger partial charge in [0.05, 0.1) is 22.3 Å². The van der Waals surface area contributed by atoms with Crippen molar-refractivity contribution in [3.63, 3.8) is 0 Å². The van der Waals surface area contributed by atoms with Gasteiger partial charge < -0.3 is 9.47 Å². The second-order valence-corrected chi connectivity index (χ2v) is 13.2. The van der Waals surface area contributed by atoms with Gasteiger partial charge in [-0.3, -0.25) is 9.78 Å². The molecule has 0 aliphatic rings. The summed E-state index contributed by atoms with van der Waals surface area (Å²) in [5, 5.41) is 8.61. The van der Waals surface area contributed by atoms with Crippen LogP contribution in [0.4, 0.5) is 0 Å². The third kappa shape index (κ3) is 12.2. The summed E-state index contributed by atoms with van der Waals surface area (Å²) in [4.78, 5) is 70.6. The third-order valence-electron chi connectivity index (χ3n) is 5.17. The number of azo groups is 1. The quantitative estimate of drug-likeness (QED) is 0.112. The summed E-state index contributed by atoms with van der Waals surface area (Å²) in [6.45, 7) is 16.7. The van der Waals surface area contributed by atoms with E-state index in [4.69, 9.17) is 29.0 Å². The molecule has 0 atom stereocenters. The van der Waals surface area contributed by atoms with Gasteiger partial charge in [-0.15, -0.1) is 0 Å². The Balaban J connectivity index is 2.01. The van der Waals surface area contributed by atoms with Crippen molar-refractivity contribution in [1.82, 2.24) is 0 Å². The van der Waals surface area contributed by atoms with Crippen molar-refractivity contribution in [2.24, 2.45) is 10.2 Å². The monoisotopic (exact) mass is 614 g/mol. The number of benzene rings is 2. The minimum Gasteiger partial charge on any atom is -0.459 e. The van der Waals surface area contributed by atoms with Crippen molar-refractivity contribution in [2.75, 3.05) is 13.2 Å². The summed E-state index contributed by atoms with van der Waals surface area (Å²) < 4.78 is 10.9. The Labute approximate surface area is 257 Å². The van der Waals surface area contributed by atoms with E-state index in [1.54, 1.807) is 93.5 Å². The van der Waals surface area contributed by atoms with Gasteiger partial charge in [-0.2, -0.15) is 20.0 Å². The van der Waals surface area contributed by atoms with Gasteiger partial charge in [-0.25, -0.2) is 19.2 Å². The van der Waals surface area contributed by atoms with Gasteiger partial charge in [0.1, 0.15) is 35.5 Å². The number of carbonyl (C=O) groups is 4. The lowest BCUT2D eigenvalue weighted by Crippen LogP contribution is -2.30. The summed E-state index contributed by atoms with van der Waals surface area (Å²) >= 11 is 0. The summed E-state index contributed by atoms with van der Waals surface area (Å²) in [6, 6.07) is 12.1. The predicted molar refractivity (Wildman–Crippen MR) is 159 cm³/mol. The molecule has 0 heterocycles. The van der Waals surface area contributed by atoms with Crippen LogP contribution in [0.5, 0.6) is 0 Å². The maximum absolute atomic E-state index is 12.9. The summed E-state index contributed by atoms with van der Waals surface area (Å²) in [6.07, 6.45) is 0. The van der Waals surface area contributed by atoms with Crippen molar-refractivity contribution in [3.8, 4) is 0 Å². The Bertz CT molecular complexity index is 1260. The Morgan fingerprint density at radius 1 is 0.500 bits per heavy atom. The van der Waals surface area contributed by atoms with Crippen molar-refractivity contribution >= 4 is 23.9 Å². The SMILES string of the molecule is CC(C)(COC(=O)c1ccccc1C(=O)OOC(C)(C)C)N=NC(C)(C)COC(=O)c1ccccc1C(=O)OOC(C)(C)C. The standard InChI is InChI=1S/C32H42N2O10/c1-29(2,3)43-41-27(37)23-17-13-11-15-21(23)25(35)39-19-31(7,8)33-34-32(9,10)20-40-26(36)22-16-12-14-18-24(22)28(38)42-44-30(4,5)6/h11-18H,19-20H2,1-10H3. The highest BCUT2D eigenvalue weighted by atomic mass is 17.2. The molecule has 0 aliphatic carbocycles. The minimum atomic E-state index is -0.967. The van der Waals surface area contributed by atoms with E-state index in [9.17, 15) is 19.2 Å². The van der Waals surface area contributed by atoms with Gasteiger partial charge in [0.15, 0.2) is 0 Å². The van der Waals surface area contributed by atoms with Crippen LogP contribution >= 0.6 is 0 Å². The van der Waals surface area contributed by atoms with E-state index in [0.29, 0.717) is 0 Å². The van der Waals surface area contributed by atoms with E-state index >= 15 is 0 Å². The highest BCUT2D eigenvalue weighted by Gasteiger charge is 2.28.